The third-order valence-corrected chi connectivity index (χ3v) is 4.24. The Morgan fingerprint density at radius 1 is 1.10 bits per heavy atom. The SMILES string of the molecule is C[C@H](N=Cc1ccc(Cl)cc1)C(=O)N[C@@H](Cc1ccccc1)C(=O)OC(C)(C)C. The summed E-state index contributed by atoms with van der Waals surface area (Å²) < 4.78 is 5.49. The molecule has 0 aliphatic rings. The van der Waals surface area contributed by atoms with E-state index in [-0.39, 0.29) is 5.91 Å². The molecule has 2 atom stereocenters. The minimum Gasteiger partial charge on any atom is -0.458 e. The van der Waals surface area contributed by atoms with Gasteiger partial charge in [0, 0.05) is 17.7 Å². The molecule has 2 aromatic carbocycles. The van der Waals surface area contributed by atoms with Gasteiger partial charge in [-0.15, -0.1) is 0 Å². The van der Waals surface area contributed by atoms with Crippen LogP contribution in [-0.2, 0) is 20.7 Å². The molecule has 2 rings (SSSR count). The molecule has 0 unspecified atom stereocenters. The Bertz CT molecular complexity index is 843. The highest BCUT2D eigenvalue weighted by Crippen LogP contribution is 2.12. The Kier molecular flexibility index (Phi) is 7.97. The maximum absolute atomic E-state index is 12.6. The number of hydrogen-bond acceptors (Lipinski definition) is 4. The largest absolute Gasteiger partial charge is 0.458 e. The Morgan fingerprint density at radius 2 is 1.72 bits per heavy atom. The van der Waals surface area contributed by atoms with Gasteiger partial charge < -0.3 is 10.1 Å². The van der Waals surface area contributed by atoms with E-state index in [1.807, 2.05) is 42.5 Å². The predicted octanol–water partition coefficient (Wildman–Crippen LogP) is 4.22. The normalized spacial score (nSPS) is 13.7. The predicted molar refractivity (Wildman–Crippen MR) is 116 cm³/mol. The third kappa shape index (κ3) is 8.08. The molecule has 1 N–H and O–H groups in total. The first kappa shape index (κ1) is 22.6. The first-order chi connectivity index (χ1) is 13.6. The number of benzene rings is 2. The van der Waals surface area contributed by atoms with Gasteiger partial charge in [0.25, 0.3) is 0 Å². The number of aliphatic imine (C=N–C) groups is 1. The van der Waals surface area contributed by atoms with Gasteiger partial charge in [-0.25, -0.2) is 4.79 Å². The molecular formula is C23H27ClN2O3. The first-order valence-electron chi connectivity index (χ1n) is 9.50. The van der Waals surface area contributed by atoms with Gasteiger partial charge in [0.1, 0.15) is 17.7 Å². The van der Waals surface area contributed by atoms with Crippen LogP contribution in [0.5, 0.6) is 0 Å². The van der Waals surface area contributed by atoms with Gasteiger partial charge in [0.2, 0.25) is 5.91 Å². The fourth-order valence-electron chi connectivity index (χ4n) is 2.52. The summed E-state index contributed by atoms with van der Waals surface area (Å²) in [5.74, 6) is -0.814. The summed E-state index contributed by atoms with van der Waals surface area (Å²) in [7, 11) is 0. The van der Waals surface area contributed by atoms with E-state index in [9.17, 15) is 9.59 Å². The van der Waals surface area contributed by atoms with Crippen LogP contribution in [0.4, 0.5) is 0 Å². The Hall–Kier alpha value is -2.66. The lowest BCUT2D eigenvalue weighted by Crippen LogP contribution is -2.48. The lowest BCUT2D eigenvalue weighted by Gasteiger charge is -2.25. The van der Waals surface area contributed by atoms with Crippen molar-refractivity contribution in [2.75, 3.05) is 0 Å². The van der Waals surface area contributed by atoms with Crippen LogP contribution < -0.4 is 5.32 Å². The standard InChI is InChI=1S/C23H27ClN2O3/c1-16(25-15-18-10-12-19(24)13-11-18)21(27)26-20(22(28)29-23(2,3)4)14-17-8-6-5-7-9-17/h5-13,15-16,20H,14H2,1-4H3,(H,26,27)/t16-,20-/m0/s1. The number of ether oxygens (including phenoxy) is 1. The zero-order valence-corrected chi connectivity index (χ0v) is 17.9. The minimum absolute atomic E-state index is 0.342. The van der Waals surface area contributed by atoms with Gasteiger partial charge >= 0.3 is 5.97 Å². The number of carbonyl (C=O) groups excluding carboxylic acids is 2. The van der Waals surface area contributed by atoms with Crippen LogP contribution in [0.1, 0.15) is 38.8 Å². The van der Waals surface area contributed by atoms with Crippen LogP contribution in [-0.4, -0.2) is 35.8 Å². The van der Waals surface area contributed by atoms with Crippen molar-refractivity contribution in [3.63, 3.8) is 0 Å². The van der Waals surface area contributed by atoms with Gasteiger partial charge in [0.15, 0.2) is 0 Å². The van der Waals surface area contributed by atoms with Crippen molar-refractivity contribution < 1.29 is 14.3 Å². The summed E-state index contributed by atoms with van der Waals surface area (Å²) in [5, 5.41) is 3.42. The molecule has 0 aliphatic carbocycles. The Labute approximate surface area is 177 Å². The fourth-order valence-corrected chi connectivity index (χ4v) is 2.65. The summed E-state index contributed by atoms with van der Waals surface area (Å²) in [4.78, 5) is 29.6. The average Bonchev–Trinajstić information content (AvgIpc) is 2.66. The molecule has 0 saturated heterocycles. The third-order valence-electron chi connectivity index (χ3n) is 3.99. The van der Waals surface area contributed by atoms with Crippen molar-refractivity contribution in [1.82, 2.24) is 5.32 Å². The van der Waals surface area contributed by atoms with E-state index < -0.39 is 23.7 Å². The van der Waals surface area contributed by atoms with E-state index in [0.717, 1.165) is 11.1 Å². The number of nitrogens with zero attached hydrogens (tertiary/aromatic N) is 1. The van der Waals surface area contributed by atoms with E-state index in [2.05, 4.69) is 10.3 Å². The maximum atomic E-state index is 12.6. The van der Waals surface area contributed by atoms with E-state index >= 15 is 0 Å². The number of rotatable bonds is 7. The summed E-state index contributed by atoms with van der Waals surface area (Å²) in [6.07, 6.45) is 1.95. The highest BCUT2D eigenvalue weighted by Gasteiger charge is 2.28. The van der Waals surface area contributed by atoms with E-state index in [1.165, 1.54) is 0 Å². The minimum atomic E-state index is -0.794. The number of carbonyl (C=O) groups is 2. The number of hydrogen-bond donors (Lipinski definition) is 1. The van der Waals surface area contributed by atoms with Crippen LogP contribution >= 0.6 is 11.6 Å². The molecule has 1 amide bonds. The fraction of sp³-hybridized carbons (Fsp3) is 0.348. The van der Waals surface area contributed by atoms with Crippen LogP contribution in [0.25, 0.3) is 0 Å². The molecule has 0 bridgehead atoms. The molecule has 0 saturated carbocycles. The van der Waals surface area contributed by atoms with Crippen LogP contribution in [0, 0.1) is 0 Å². The lowest BCUT2D eigenvalue weighted by molar-refractivity contribution is -0.158. The van der Waals surface area contributed by atoms with Crippen LogP contribution in [0.15, 0.2) is 59.6 Å². The highest BCUT2D eigenvalue weighted by molar-refractivity contribution is 6.30. The van der Waals surface area contributed by atoms with Gasteiger partial charge in [-0.05, 0) is 51.0 Å². The smallest absolute Gasteiger partial charge is 0.329 e. The molecule has 6 heteroatoms. The van der Waals surface area contributed by atoms with Gasteiger partial charge in [-0.3, -0.25) is 9.79 Å². The zero-order valence-electron chi connectivity index (χ0n) is 17.2. The van der Waals surface area contributed by atoms with E-state index in [0.29, 0.717) is 11.4 Å². The lowest BCUT2D eigenvalue weighted by atomic mass is 10.1. The molecule has 0 radical (unpaired) electrons. The summed E-state index contributed by atoms with van der Waals surface area (Å²) >= 11 is 5.87. The van der Waals surface area contributed by atoms with Crippen molar-refractivity contribution >= 4 is 29.7 Å². The van der Waals surface area contributed by atoms with E-state index in [4.69, 9.17) is 16.3 Å². The second-order valence-electron chi connectivity index (χ2n) is 7.79. The second-order valence-corrected chi connectivity index (χ2v) is 8.23. The average molecular weight is 415 g/mol. The number of amides is 1. The number of esters is 1. The highest BCUT2D eigenvalue weighted by atomic mass is 35.5. The summed E-state index contributed by atoms with van der Waals surface area (Å²) in [6, 6.07) is 15.2. The summed E-state index contributed by atoms with van der Waals surface area (Å²) in [6.45, 7) is 7.07. The van der Waals surface area contributed by atoms with Crippen molar-refractivity contribution in [2.45, 2.75) is 51.8 Å². The van der Waals surface area contributed by atoms with Crippen LogP contribution in [0.2, 0.25) is 5.02 Å². The quantitative estimate of drug-likeness (QED) is 0.545. The first-order valence-corrected chi connectivity index (χ1v) is 9.88. The molecule has 2 aromatic rings. The molecule has 0 heterocycles. The van der Waals surface area contributed by atoms with Gasteiger partial charge in [0.05, 0.1) is 0 Å². The molecule has 0 aliphatic heterocycles. The summed E-state index contributed by atoms with van der Waals surface area (Å²) in [5.41, 5.74) is 1.12. The molecule has 154 valence electrons. The Balaban J connectivity index is 2.08. The molecular weight excluding hydrogens is 388 g/mol. The molecule has 0 aromatic heterocycles. The molecule has 0 spiro atoms. The van der Waals surface area contributed by atoms with Gasteiger partial charge in [-0.2, -0.15) is 0 Å². The zero-order chi connectivity index (χ0) is 21.4. The second kappa shape index (κ2) is 10.2. The van der Waals surface area contributed by atoms with E-state index in [1.54, 1.807) is 46.0 Å². The maximum Gasteiger partial charge on any atom is 0.329 e. The van der Waals surface area contributed by atoms with Crippen molar-refractivity contribution in [2.24, 2.45) is 4.99 Å². The number of halogens is 1. The molecule has 29 heavy (non-hydrogen) atoms. The van der Waals surface area contributed by atoms with Crippen LogP contribution in [0.3, 0.4) is 0 Å². The molecule has 5 nitrogen and oxygen atoms in total. The molecule has 0 fully saturated rings. The number of nitrogens with one attached hydrogen (secondary N) is 1. The van der Waals surface area contributed by atoms with Crippen molar-refractivity contribution in [3.8, 4) is 0 Å². The topological polar surface area (TPSA) is 67.8 Å². The monoisotopic (exact) mass is 414 g/mol. The van der Waals surface area contributed by atoms with Gasteiger partial charge in [-0.1, -0.05) is 54.1 Å². The van der Waals surface area contributed by atoms with Crippen molar-refractivity contribution in [1.29, 1.82) is 0 Å². The van der Waals surface area contributed by atoms with Crippen molar-refractivity contribution in [3.05, 3.63) is 70.7 Å². The Morgan fingerprint density at radius 3 is 2.31 bits per heavy atom.